The average molecular weight is 400 g/mol. The molecule has 0 aliphatic heterocycles. The van der Waals surface area contributed by atoms with Crippen LogP contribution >= 0.6 is 0 Å². The van der Waals surface area contributed by atoms with Gasteiger partial charge in [0.1, 0.15) is 23.5 Å². The van der Waals surface area contributed by atoms with Gasteiger partial charge in [-0.15, -0.1) is 0 Å². The minimum atomic E-state index is -1.23. The highest BCUT2D eigenvalue weighted by Crippen LogP contribution is 2.19. The first kappa shape index (κ1) is 20.1. The molecule has 0 saturated carbocycles. The van der Waals surface area contributed by atoms with E-state index in [1.165, 1.54) is 24.3 Å². The molecule has 1 atom stereocenters. The number of halogens is 3. The van der Waals surface area contributed by atoms with Gasteiger partial charge in [-0.1, -0.05) is 11.2 Å². The van der Waals surface area contributed by atoms with Crippen LogP contribution in [0.4, 0.5) is 13.2 Å². The highest BCUT2D eigenvalue weighted by atomic mass is 19.1. The molecule has 9 heteroatoms. The Labute approximate surface area is 164 Å². The molecule has 0 radical (unpaired) electrons. The zero-order valence-corrected chi connectivity index (χ0v) is 15.0. The van der Waals surface area contributed by atoms with Gasteiger partial charge in [-0.3, -0.25) is 4.79 Å². The maximum absolute atomic E-state index is 13.8. The molecular weight excluding hydrogens is 385 g/mol. The lowest BCUT2D eigenvalue weighted by Crippen LogP contribution is -2.28. The summed E-state index contributed by atoms with van der Waals surface area (Å²) in [6.45, 7) is 0. The number of carbonyl (C=O) groups is 1. The number of hydrogen-bond acceptors (Lipinski definition) is 5. The number of carbonyl (C=O) groups excluding carboxylic acids is 1. The van der Waals surface area contributed by atoms with E-state index < -0.39 is 23.6 Å². The molecule has 1 unspecified atom stereocenters. The van der Waals surface area contributed by atoms with Gasteiger partial charge in [0.05, 0.1) is 6.07 Å². The summed E-state index contributed by atoms with van der Waals surface area (Å²) in [7, 11) is 0. The van der Waals surface area contributed by atoms with Crippen LogP contribution in [0.25, 0.3) is 11.4 Å². The van der Waals surface area contributed by atoms with Crippen molar-refractivity contribution >= 4 is 5.91 Å². The van der Waals surface area contributed by atoms with Crippen molar-refractivity contribution in [3.8, 4) is 17.5 Å². The van der Waals surface area contributed by atoms with Crippen molar-refractivity contribution in [1.29, 1.82) is 5.26 Å². The van der Waals surface area contributed by atoms with Crippen molar-refractivity contribution in [2.45, 2.75) is 25.3 Å². The van der Waals surface area contributed by atoms with Crippen LogP contribution in [-0.4, -0.2) is 16.0 Å². The third-order valence-electron chi connectivity index (χ3n) is 4.07. The van der Waals surface area contributed by atoms with Crippen molar-refractivity contribution in [2.24, 2.45) is 0 Å². The molecular formula is C20H15F3N4O2. The van der Waals surface area contributed by atoms with Crippen molar-refractivity contribution in [3.63, 3.8) is 0 Å². The van der Waals surface area contributed by atoms with Crippen molar-refractivity contribution in [3.05, 3.63) is 71.4 Å². The fourth-order valence-corrected chi connectivity index (χ4v) is 2.62. The van der Waals surface area contributed by atoms with Crippen molar-refractivity contribution in [1.82, 2.24) is 15.5 Å². The predicted octanol–water partition coefficient (Wildman–Crippen LogP) is 3.86. The Hall–Kier alpha value is -3.67. The number of hydrogen-bond donors (Lipinski definition) is 1. The smallest absolute Gasteiger partial charge is 0.226 e. The molecule has 0 aliphatic carbocycles. The SMILES string of the molecule is N#CC(NC(=O)CCCc1nc(-c2ccc(F)cc2)no1)c1ccc(F)cc1F. The van der Waals surface area contributed by atoms with Gasteiger partial charge in [-0.05, 0) is 36.8 Å². The molecule has 0 fully saturated rings. The van der Waals surface area contributed by atoms with E-state index in [0.717, 1.165) is 12.1 Å². The third kappa shape index (κ3) is 5.19. The first-order chi connectivity index (χ1) is 14.0. The van der Waals surface area contributed by atoms with Gasteiger partial charge in [-0.2, -0.15) is 10.2 Å². The summed E-state index contributed by atoms with van der Waals surface area (Å²) in [4.78, 5) is 16.2. The van der Waals surface area contributed by atoms with Crippen molar-refractivity contribution < 1.29 is 22.5 Å². The molecule has 6 nitrogen and oxygen atoms in total. The number of aromatic nitrogens is 2. The second-order valence-electron chi connectivity index (χ2n) is 6.17. The Morgan fingerprint density at radius 3 is 2.55 bits per heavy atom. The minimum absolute atomic E-state index is 0.0370. The van der Waals surface area contributed by atoms with E-state index in [1.54, 1.807) is 6.07 Å². The second-order valence-corrected chi connectivity index (χ2v) is 6.17. The molecule has 3 aromatic rings. The van der Waals surface area contributed by atoms with Gasteiger partial charge in [0.15, 0.2) is 0 Å². The van der Waals surface area contributed by atoms with E-state index in [4.69, 9.17) is 4.52 Å². The number of benzene rings is 2. The minimum Gasteiger partial charge on any atom is -0.339 e. The third-order valence-corrected chi connectivity index (χ3v) is 4.07. The monoisotopic (exact) mass is 400 g/mol. The van der Waals surface area contributed by atoms with Gasteiger partial charge >= 0.3 is 0 Å². The summed E-state index contributed by atoms with van der Waals surface area (Å²) >= 11 is 0. The Balaban J connectivity index is 1.52. The van der Waals surface area contributed by atoms with Crippen molar-refractivity contribution in [2.75, 3.05) is 0 Å². The topological polar surface area (TPSA) is 91.8 Å². The van der Waals surface area contributed by atoms with E-state index in [1.807, 2.05) is 0 Å². The fraction of sp³-hybridized carbons (Fsp3) is 0.200. The van der Waals surface area contributed by atoms with E-state index in [0.29, 0.717) is 36.2 Å². The van der Waals surface area contributed by atoms with Crippen LogP contribution in [0, 0.1) is 28.8 Å². The molecule has 0 bridgehead atoms. The zero-order chi connectivity index (χ0) is 20.8. The molecule has 1 amide bonds. The largest absolute Gasteiger partial charge is 0.339 e. The van der Waals surface area contributed by atoms with Crippen LogP contribution < -0.4 is 5.32 Å². The van der Waals surface area contributed by atoms with Gasteiger partial charge in [0.2, 0.25) is 17.6 Å². The van der Waals surface area contributed by atoms with Crippen LogP contribution in [-0.2, 0) is 11.2 Å². The molecule has 0 aliphatic rings. The van der Waals surface area contributed by atoms with Gasteiger partial charge in [-0.25, -0.2) is 13.2 Å². The standard InChI is InChI=1S/C20H15F3N4O2/c21-13-6-4-12(5-7-13)20-26-19(29-27-20)3-1-2-18(28)25-17(11-24)15-9-8-14(22)10-16(15)23/h4-10,17H,1-3H2,(H,25,28). The number of nitrogens with one attached hydrogen (secondary N) is 1. The molecule has 2 aromatic carbocycles. The summed E-state index contributed by atoms with van der Waals surface area (Å²) in [5.41, 5.74) is 0.487. The number of nitrogens with zero attached hydrogens (tertiary/aromatic N) is 3. The first-order valence-electron chi connectivity index (χ1n) is 8.68. The predicted molar refractivity (Wildman–Crippen MR) is 95.5 cm³/mol. The molecule has 0 spiro atoms. The van der Waals surface area contributed by atoms with E-state index in [-0.39, 0.29) is 17.8 Å². The molecule has 3 rings (SSSR count). The first-order valence-corrected chi connectivity index (χ1v) is 8.68. The highest BCUT2D eigenvalue weighted by molar-refractivity contribution is 5.76. The summed E-state index contributed by atoms with van der Waals surface area (Å²) in [6.07, 6.45) is 0.694. The zero-order valence-electron chi connectivity index (χ0n) is 15.0. The maximum atomic E-state index is 13.8. The molecule has 148 valence electrons. The molecule has 29 heavy (non-hydrogen) atoms. The quantitative estimate of drug-likeness (QED) is 0.650. The Morgan fingerprint density at radius 2 is 1.86 bits per heavy atom. The summed E-state index contributed by atoms with van der Waals surface area (Å²) in [6, 6.07) is 8.95. The number of nitriles is 1. The number of rotatable bonds is 7. The van der Waals surface area contributed by atoms with Gasteiger partial charge in [0.25, 0.3) is 0 Å². The molecule has 0 saturated heterocycles. The summed E-state index contributed by atoms with van der Waals surface area (Å²) in [5, 5.41) is 15.4. The Bertz CT molecular complexity index is 1040. The fourth-order valence-electron chi connectivity index (χ4n) is 2.62. The normalized spacial score (nSPS) is 11.7. The lowest BCUT2D eigenvalue weighted by Gasteiger charge is -2.12. The van der Waals surface area contributed by atoms with E-state index in [2.05, 4.69) is 15.5 Å². The van der Waals surface area contributed by atoms with E-state index in [9.17, 15) is 23.2 Å². The number of aryl methyl sites for hydroxylation is 1. The summed E-state index contributed by atoms with van der Waals surface area (Å²) < 4.78 is 44.8. The Morgan fingerprint density at radius 1 is 1.14 bits per heavy atom. The van der Waals surface area contributed by atoms with Crippen LogP contribution in [0.1, 0.15) is 30.3 Å². The molecule has 1 aromatic heterocycles. The average Bonchev–Trinajstić information content (AvgIpc) is 3.16. The number of amides is 1. The van der Waals surface area contributed by atoms with Gasteiger partial charge < -0.3 is 9.84 Å². The van der Waals surface area contributed by atoms with Gasteiger partial charge in [0, 0.05) is 30.0 Å². The maximum Gasteiger partial charge on any atom is 0.226 e. The van der Waals surface area contributed by atoms with Crippen LogP contribution in [0.3, 0.4) is 0 Å². The lowest BCUT2D eigenvalue weighted by atomic mass is 10.1. The van der Waals surface area contributed by atoms with E-state index >= 15 is 0 Å². The van der Waals surface area contributed by atoms with Crippen LogP contribution in [0.15, 0.2) is 47.0 Å². The van der Waals surface area contributed by atoms with Crippen LogP contribution in [0.5, 0.6) is 0 Å². The lowest BCUT2D eigenvalue weighted by molar-refractivity contribution is -0.121. The Kier molecular flexibility index (Phi) is 6.24. The summed E-state index contributed by atoms with van der Waals surface area (Å²) in [5.74, 6) is -1.91. The molecule has 1 N–H and O–H groups in total. The molecule has 1 heterocycles. The highest BCUT2D eigenvalue weighted by Gasteiger charge is 2.18. The van der Waals surface area contributed by atoms with Crippen LogP contribution in [0.2, 0.25) is 0 Å². The second kappa shape index (κ2) is 9.01.